The molecular formula is C98H88IrN9. The fourth-order valence-corrected chi connectivity index (χ4v) is 17.7. The van der Waals surface area contributed by atoms with Crippen LogP contribution in [0.15, 0.2) is 225 Å². The molecule has 6 aromatic heterocycles. The Morgan fingerprint density at radius 3 is 0.796 bits per heavy atom. The molecule has 18 rings (SSSR count). The quantitative estimate of drug-likeness (QED) is 0.135. The van der Waals surface area contributed by atoms with Gasteiger partial charge in [-0.1, -0.05) is 177 Å². The van der Waals surface area contributed by atoms with Crippen molar-refractivity contribution in [3.8, 4) is 68.3 Å². The Balaban J connectivity index is 0.000000129. The summed E-state index contributed by atoms with van der Waals surface area (Å²) >= 11 is 0. The van der Waals surface area contributed by atoms with Gasteiger partial charge in [-0.3, -0.25) is 15.0 Å². The van der Waals surface area contributed by atoms with E-state index in [1.807, 2.05) is 18.6 Å². The van der Waals surface area contributed by atoms with E-state index in [9.17, 15) is 0 Å². The van der Waals surface area contributed by atoms with Crippen LogP contribution in [0.1, 0.15) is 94.6 Å². The van der Waals surface area contributed by atoms with Gasteiger partial charge in [0.05, 0.1) is 17.5 Å². The molecular weight excluding hydrogens is 1500 g/mol. The monoisotopic (exact) mass is 1580 g/mol. The van der Waals surface area contributed by atoms with Crippen LogP contribution in [0.25, 0.3) is 134 Å². The van der Waals surface area contributed by atoms with E-state index in [-0.39, 0.29) is 20.1 Å². The molecule has 0 saturated carbocycles. The summed E-state index contributed by atoms with van der Waals surface area (Å²) < 4.78 is 13.8. The van der Waals surface area contributed by atoms with E-state index in [1.54, 1.807) is 0 Å². The Labute approximate surface area is 647 Å². The maximum absolute atomic E-state index is 4.78. The minimum atomic E-state index is 0. The molecule has 18 aromatic rings. The van der Waals surface area contributed by atoms with Gasteiger partial charge in [0.1, 0.15) is 0 Å². The van der Waals surface area contributed by atoms with Crippen molar-refractivity contribution in [3.63, 3.8) is 0 Å². The van der Waals surface area contributed by atoms with E-state index in [0.29, 0.717) is 0 Å². The van der Waals surface area contributed by atoms with Crippen molar-refractivity contribution in [2.24, 2.45) is 0 Å². The molecule has 0 unspecified atom stereocenters. The molecule has 0 aliphatic heterocycles. The first-order chi connectivity index (χ1) is 51.6. The van der Waals surface area contributed by atoms with Gasteiger partial charge in [0.15, 0.2) is 0 Å². The van der Waals surface area contributed by atoms with Crippen molar-refractivity contribution >= 4 is 65.4 Å². The number of aromatic nitrogens is 9. The standard InChI is InChI=1S/2C33H30N3.C32H28N3.Ir/c2*1-20-15-22(3)31(23(4)16-20)35-14-13-34-33(35)26-11-12-30-28(19-26)27-9-7-8-10-29(27)36(30)32-24(5)17-21(2)18-25(32)6;1-20-10-12-28(22(3)16-20)35-29-9-7-6-8-26(29)27-19-25(11-13-30(27)35)32-33-14-15-34(32)31-23(4)17-21(2)18-24(31)5;/h2*7-10,12-19H,1-6H3;6-10,12-19H,1-5H3;/q3*-1;+3. The molecule has 6 heterocycles. The molecule has 0 radical (unpaired) electrons. The molecule has 0 saturated heterocycles. The van der Waals surface area contributed by atoms with Crippen molar-refractivity contribution in [1.82, 2.24) is 42.4 Å². The topological polar surface area (TPSA) is 68.2 Å². The first kappa shape index (κ1) is 71.9. The number of hydrogen-bond acceptors (Lipinski definition) is 3. The molecule has 10 heteroatoms. The zero-order valence-electron chi connectivity index (χ0n) is 64.7. The molecule has 0 fully saturated rings. The van der Waals surface area contributed by atoms with Crippen molar-refractivity contribution in [1.29, 1.82) is 0 Å². The van der Waals surface area contributed by atoms with Gasteiger partial charge in [-0.25, -0.2) is 0 Å². The van der Waals surface area contributed by atoms with E-state index in [2.05, 4.69) is 370 Å². The zero-order chi connectivity index (χ0) is 74.5. The third-order valence-electron chi connectivity index (χ3n) is 21.4. The number of benzene rings is 12. The average molecular weight is 1580 g/mol. The summed E-state index contributed by atoms with van der Waals surface area (Å²) in [6, 6.07) is 79.0. The third kappa shape index (κ3) is 12.6. The number of imidazole rings is 3. The van der Waals surface area contributed by atoms with Crippen LogP contribution in [0.2, 0.25) is 0 Å². The summed E-state index contributed by atoms with van der Waals surface area (Å²) in [7, 11) is 0. The molecule has 0 aliphatic rings. The van der Waals surface area contributed by atoms with Gasteiger partial charge in [0, 0.05) is 87.9 Å². The fourth-order valence-electron chi connectivity index (χ4n) is 17.7. The average Bonchev–Trinajstić information content (AvgIpc) is 1.59. The molecule has 0 bridgehead atoms. The van der Waals surface area contributed by atoms with E-state index in [1.165, 1.54) is 178 Å². The predicted molar refractivity (Wildman–Crippen MR) is 447 cm³/mol. The van der Waals surface area contributed by atoms with Crippen molar-refractivity contribution in [3.05, 3.63) is 338 Å². The van der Waals surface area contributed by atoms with E-state index in [0.717, 1.165) is 50.7 Å². The number of hydrogen-bond donors (Lipinski definition) is 0. The van der Waals surface area contributed by atoms with Gasteiger partial charge < -0.3 is 27.4 Å². The van der Waals surface area contributed by atoms with E-state index >= 15 is 0 Å². The van der Waals surface area contributed by atoms with Crippen LogP contribution in [-0.2, 0) is 20.1 Å². The molecule has 9 nitrogen and oxygen atoms in total. The second kappa shape index (κ2) is 28.6. The SMILES string of the molecule is Cc1cc(C)c(-n2ccnc2-c2[c-]cc3c(c2)c2ccccc2n3-c2c(C)cc(C)cc2C)c(C)c1.Cc1cc(C)c(-n2ccnc2-c2[c-]cc3c(c2)c2ccccc2n3-c2c(C)cc(C)cc2C)c(C)c1.Cc1ccc(-n2c3c[c-]c(-c4nccn4-c4c(C)cc(C)cc4C)cc3c3ccccc32)c(C)c1.[Ir+3]. The van der Waals surface area contributed by atoms with Crippen LogP contribution in [0.3, 0.4) is 0 Å². The van der Waals surface area contributed by atoms with Gasteiger partial charge in [0.2, 0.25) is 0 Å². The normalized spacial score (nSPS) is 11.5. The molecule has 0 aliphatic carbocycles. The number of rotatable bonds is 9. The predicted octanol–water partition coefficient (Wildman–Crippen LogP) is 24.6. The second-order valence-electron chi connectivity index (χ2n) is 29.9. The number of aryl methyl sites for hydroxylation is 17. The Morgan fingerprint density at radius 1 is 0.241 bits per heavy atom. The molecule has 108 heavy (non-hydrogen) atoms. The first-order valence-electron chi connectivity index (χ1n) is 37.0. The molecule has 534 valence electrons. The van der Waals surface area contributed by atoms with Crippen molar-refractivity contribution in [2.75, 3.05) is 0 Å². The summed E-state index contributed by atoms with van der Waals surface area (Å²) in [6.07, 6.45) is 11.8. The maximum Gasteiger partial charge on any atom is 3.00 e. The summed E-state index contributed by atoms with van der Waals surface area (Å²) in [6.45, 7) is 36.9. The van der Waals surface area contributed by atoms with Crippen molar-refractivity contribution < 1.29 is 20.1 Å². The van der Waals surface area contributed by atoms with Crippen LogP contribution in [0.4, 0.5) is 0 Å². The van der Waals surface area contributed by atoms with Gasteiger partial charge in [-0.15, -0.1) is 71.3 Å². The first-order valence-corrected chi connectivity index (χ1v) is 37.0. The Bertz CT molecular complexity index is 6220. The Hall–Kier alpha value is -11.7. The van der Waals surface area contributed by atoms with Gasteiger partial charge >= 0.3 is 20.1 Å². The summed E-state index contributed by atoms with van der Waals surface area (Å²) in [5, 5.41) is 7.35. The number of para-hydroxylation sites is 3. The van der Waals surface area contributed by atoms with Crippen LogP contribution in [0, 0.1) is 136 Å². The molecule has 0 spiro atoms. The Morgan fingerprint density at radius 2 is 0.500 bits per heavy atom. The van der Waals surface area contributed by atoms with E-state index in [4.69, 9.17) is 15.0 Å². The zero-order valence-corrected chi connectivity index (χ0v) is 67.1. The molecule has 0 atom stereocenters. The number of fused-ring (bicyclic) bond motifs is 9. The molecule has 0 N–H and O–H groups in total. The molecule has 12 aromatic carbocycles. The Kier molecular flexibility index (Phi) is 19.0. The van der Waals surface area contributed by atoms with E-state index < -0.39 is 0 Å². The second-order valence-corrected chi connectivity index (χ2v) is 29.9. The van der Waals surface area contributed by atoms with Crippen LogP contribution in [-0.4, -0.2) is 42.4 Å². The van der Waals surface area contributed by atoms with Gasteiger partial charge in [-0.2, -0.15) is 0 Å². The maximum atomic E-state index is 4.78. The molecule has 0 amide bonds. The third-order valence-corrected chi connectivity index (χ3v) is 21.4. The summed E-state index contributed by atoms with van der Waals surface area (Å²) in [4.78, 5) is 14.3. The smallest absolute Gasteiger partial charge is 0.350 e. The fraction of sp³-hybridized carbons (Fsp3) is 0.173. The van der Waals surface area contributed by atoms with Crippen LogP contribution >= 0.6 is 0 Å². The summed E-state index contributed by atoms with van der Waals surface area (Å²) in [5.74, 6) is 2.73. The van der Waals surface area contributed by atoms with Gasteiger partial charge in [-0.05, 0) is 236 Å². The number of nitrogens with zero attached hydrogens (tertiary/aromatic N) is 9. The largest absolute Gasteiger partial charge is 3.00 e. The van der Waals surface area contributed by atoms with Crippen LogP contribution in [0.5, 0.6) is 0 Å². The minimum Gasteiger partial charge on any atom is -0.350 e. The van der Waals surface area contributed by atoms with Crippen molar-refractivity contribution in [2.45, 2.75) is 118 Å². The minimum absolute atomic E-state index is 0. The van der Waals surface area contributed by atoms with Crippen LogP contribution < -0.4 is 0 Å². The summed E-state index contributed by atoms with van der Waals surface area (Å²) in [5.41, 5.74) is 38.9. The van der Waals surface area contributed by atoms with Gasteiger partial charge in [0.25, 0.3) is 0 Å².